The van der Waals surface area contributed by atoms with Crippen LogP contribution in [-0.2, 0) is 6.54 Å². The second-order valence-electron chi connectivity index (χ2n) is 8.80. The van der Waals surface area contributed by atoms with Gasteiger partial charge in [-0.1, -0.05) is 12.1 Å². The van der Waals surface area contributed by atoms with Gasteiger partial charge in [0.1, 0.15) is 12.1 Å². The van der Waals surface area contributed by atoms with E-state index in [0.717, 1.165) is 52.7 Å². The molecule has 4 heterocycles. The van der Waals surface area contributed by atoms with Crippen LogP contribution in [0.3, 0.4) is 0 Å². The first-order chi connectivity index (χ1) is 16.1. The molecular weight excluding hydrogens is 419 g/mol. The maximum atomic E-state index is 13.4. The molecule has 0 spiro atoms. The number of aromatic nitrogens is 4. The summed E-state index contributed by atoms with van der Waals surface area (Å²) in [7, 11) is 1.95. The summed E-state index contributed by atoms with van der Waals surface area (Å²) in [5.74, 6) is 0.753. The van der Waals surface area contributed by atoms with E-state index in [1.54, 1.807) is 18.5 Å². The molecule has 2 aromatic heterocycles. The fourth-order valence-electron chi connectivity index (χ4n) is 5.10. The number of likely N-dealkylation sites (N-methyl/N-ethyl adjacent to an activating group) is 1. The summed E-state index contributed by atoms with van der Waals surface area (Å²) in [5.41, 5.74) is 6.25. The molecule has 4 aromatic rings. The number of nitrogens with one attached hydrogen (secondary N) is 1. The van der Waals surface area contributed by atoms with Crippen molar-refractivity contribution < 1.29 is 9.50 Å². The summed E-state index contributed by atoms with van der Waals surface area (Å²) in [6.07, 6.45) is 3.68. The number of fused-ring (bicyclic) bond motifs is 5. The molecule has 0 aliphatic carbocycles. The van der Waals surface area contributed by atoms with Crippen molar-refractivity contribution in [2.24, 2.45) is 5.92 Å². The molecule has 1 saturated heterocycles. The van der Waals surface area contributed by atoms with Crippen molar-refractivity contribution in [1.82, 2.24) is 24.6 Å². The summed E-state index contributed by atoms with van der Waals surface area (Å²) >= 11 is 0. The van der Waals surface area contributed by atoms with E-state index in [2.05, 4.69) is 55.3 Å². The fourth-order valence-corrected chi connectivity index (χ4v) is 5.10. The minimum atomic E-state index is -0.244. The number of nitrogens with zero attached hydrogens (tertiary/aromatic N) is 5. The van der Waals surface area contributed by atoms with Crippen LogP contribution in [0, 0.1) is 11.7 Å². The van der Waals surface area contributed by atoms with E-state index in [0.29, 0.717) is 6.54 Å². The third-order valence-electron chi connectivity index (χ3n) is 6.89. The number of halogens is 1. The van der Waals surface area contributed by atoms with Crippen molar-refractivity contribution in [3.05, 3.63) is 72.4 Å². The predicted octanol–water partition coefficient (Wildman–Crippen LogP) is 2.92. The minimum absolute atomic E-state index is 0.175. The lowest BCUT2D eigenvalue weighted by molar-refractivity contribution is 0.219. The van der Waals surface area contributed by atoms with Crippen molar-refractivity contribution in [3.63, 3.8) is 0 Å². The molecule has 2 atom stereocenters. The molecule has 2 aromatic carbocycles. The van der Waals surface area contributed by atoms with Crippen LogP contribution in [0.15, 0.2) is 61.1 Å². The number of anilines is 1. The minimum Gasteiger partial charge on any atom is -0.396 e. The van der Waals surface area contributed by atoms with E-state index < -0.39 is 0 Å². The normalized spacial score (nSPS) is 19.2. The maximum Gasteiger partial charge on any atom is 0.179 e. The van der Waals surface area contributed by atoms with Gasteiger partial charge in [-0.05, 0) is 54.6 Å². The average Bonchev–Trinajstić information content (AvgIpc) is 3.56. The van der Waals surface area contributed by atoms with Crippen LogP contribution in [0.25, 0.3) is 28.3 Å². The zero-order valence-electron chi connectivity index (χ0n) is 18.3. The summed E-state index contributed by atoms with van der Waals surface area (Å²) in [4.78, 5) is 6.87. The second kappa shape index (κ2) is 7.83. The third-order valence-corrected chi connectivity index (χ3v) is 6.89. The largest absolute Gasteiger partial charge is 0.396 e. The van der Waals surface area contributed by atoms with Gasteiger partial charge in [0, 0.05) is 55.6 Å². The molecule has 0 amide bonds. The topological polar surface area (TPSA) is 71.1 Å². The van der Waals surface area contributed by atoms with Gasteiger partial charge in [-0.15, -0.1) is 0 Å². The molecule has 7 nitrogen and oxygen atoms in total. The van der Waals surface area contributed by atoms with Crippen LogP contribution < -0.4 is 10.2 Å². The van der Waals surface area contributed by atoms with Gasteiger partial charge in [-0.25, -0.2) is 14.1 Å². The molecule has 168 valence electrons. The molecule has 1 fully saturated rings. The predicted molar refractivity (Wildman–Crippen MR) is 125 cm³/mol. The lowest BCUT2D eigenvalue weighted by Gasteiger charge is -2.20. The van der Waals surface area contributed by atoms with Gasteiger partial charge in [-0.3, -0.25) is 0 Å². The lowest BCUT2D eigenvalue weighted by Crippen LogP contribution is -2.34. The molecular formula is C25H25FN6O. The van der Waals surface area contributed by atoms with E-state index in [9.17, 15) is 9.50 Å². The smallest absolute Gasteiger partial charge is 0.179 e. The van der Waals surface area contributed by atoms with Crippen LogP contribution in [0.1, 0.15) is 5.56 Å². The standard InChI is InChI=1S/C25H25FN6O/c1-27-22-13-30(12-19(22)14-33)21-6-7-23-18(8-21)11-31-10-17(16-2-4-20(26)5-3-16)9-24(31)25-28-15-29-32(23)25/h2-10,15,19,22,27,33H,11-14H2,1H3/t19-,22+/m0/s1. The van der Waals surface area contributed by atoms with Crippen LogP contribution in [-0.4, -0.2) is 57.2 Å². The molecule has 0 saturated carbocycles. The number of hydrogen-bond acceptors (Lipinski definition) is 5. The maximum absolute atomic E-state index is 13.4. The number of aliphatic hydroxyl groups excluding tert-OH is 1. The Bertz CT molecular complexity index is 1300. The lowest BCUT2D eigenvalue weighted by atomic mass is 10.1. The molecule has 8 heteroatoms. The first-order valence-corrected chi connectivity index (χ1v) is 11.2. The number of rotatable bonds is 4. The van der Waals surface area contributed by atoms with Gasteiger partial charge < -0.3 is 19.9 Å². The van der Waals surface area contributed by atoms with E-state index in [4.69, 9.17) is 0 Å². The van der Waals surface area contributed by atoms with E-state index >= 15 is 0 Å². The molecule has 6 rings (SSSR count). The Balaban J connectivity index is 1.40. The van der Waals surface area contributed by atoms with Crippen molar-refractivity contribution in [2.75, 3.05) is 31.6 Å². The van der Waals surface area contributed by atoms with Crippen LogP contribution in [0.4, 0.5) is 10.1 Å². The summed E-state index contributed by atoms with van der Waals surface area (Å²) in [6, 6.07) is 15.4. The highest BCUT2D eigenvalue weighted by atomic mass is 19.1. The average molecular weight is 445 g/mol. The molecule has 2 aliphatic heterocycles. The van der Waals surface area contributed by atoms with E-state index in [1.807, 2.05) is 11.7 Å². The van der Waals surface area contributed by atoms with Crippen molar-refractivity contribution in [3.8, 4) is 28.3 Å². The monoisotopic (exact) mass is 444 g/mol. The number of benzene rings is 2. The summed E-state index contributed by atoms with van der Waals surface area (Å²) in [6.45, 7) is 2.53. The summed E-state index contributed by atoms with van der Waals surface area (Å²) in [5, 5.41) is 17.6. The molecule has 2 N–H and O–H groups in total. The van der Waals surface area contributed by atoms with Gasteiger partial charge in [0.2, 0.25) is 0 Å². The Morgan fingerprint density at radius 3 is 2.70 bits per heavy atom. The molecule has 0 bridgehead atoms. The Labute approximate surface area is 191 Å². The summed E-state index contributed by atoms with van der Waals surface area (Å²) < 4.78 is 17.5. The first-order valence-electron chi connectivity index (χ1n) is 11.2. The zero-order chi connectivity index (χ0) is 22.5. The van der Waals surface area contributed by atoms with Crippen molar-refractivity contribution in [1.29, 1.82) is 0 Å². The fraction of sp³-hybridized carbons (Fsp3) is 0.280. The van der Waals surface area contributed by atoms with Gasteiger partial charge in [0.05, 0.1) is 11.4 Å². The molecule has 33 heavy (non-hydrogen) atoms. The highest BCUT2D eigenvalue weighted by Gasteiger charge is 2.32. The Kier molecular flexibility index (Phi) is 4.78. The number of hydrogen-bond donors (Lipinski definition) is 2. The van der Waals surface area contributed by atoms with Gasteiger partial charge in [0.15, 0.2) is 5.82 Å². The molecule has 0 radical (unpaired) electrons. The van der Waals surface area contributed by atoms with E-state index in [1.165, 1.54) is 12.1 Å². The SMILES string of the molecule is CN[C@@H]1CN(c2ccc3c(c2)Cn2cc(-c4ccc(F)cc4)cc2-c2ncnn2-3)C[C@H]1CO. The van der Waals surface area contributed by atoms with Gasteiger partial charge in [0.25, 0.3) is 0 Å². The Morgan fingerprint density at radius 2 is 1.94 bits per heavy atom. The van der Waals surface area contributed by atoms with Crippen molar-refractivity contribution in [2.45, 2.75) is 12.6 Å². The van der Waals surface area contributed by atoms with E-state index in [-0.39, 0.29) is 24.4 Å². The highest BCUT2D eigenvalue weighted by Crippen LogP contribution is 2.35. The van der Waals surface area contributed by atoms with Crippen molar-refractivity contribution >= 4 is 5.69 Å². The van der Waals surface area contributed by atoms with Crippen LogP contribution >= 0.6 is 0 Å². The Hall–Kier alpha value is -3.49. The number of aliphatic hydroxyl groups is 1. The van der Waals surface area contributed by atoms with Crippen LogP contribution in [0.5, 0.6) is 0 Å². The quantitative estimate of drug-likeness (QED) is 0.446. The molecule has 2 aliphatic rings. The highest BCUT2D eigenvalue weighted by molar-refractivity contribution is 5.71. The van der Waals surface area contributed by atoms with Gasteiger partial charge >= 0.3 is 0 Å². The second-order valence-corrected chi connectivity index (χ2v) is 8.80. The zero-order valence-corrected chi connectivity index (χ0v) is 18.3. The molecule has 0 unspecified atom stereocenters. The Morgan fingerprint density at radius 1 is 1.09 bits per heavy atom. The van der Waals surface area contributed by atoms with Crippen LogP contribution in [0.2, 0.25) is 0 Å². The third kappa shape index (κ3) is 3.34. The first kappa shape index (κ1) is 20.1. The van der Waals surface area contributed by atoms with Gasteiger partial charge in [-0.2, -0.15) is 5.10 Å².